The molecule has 0 radical (unpaired) electrons. The molecule has 1 aliphatic rings. The summed E-state index contributed by atoms with van der Waals surface area (Å²) in [6.07, 6.45) is -4.04. The number of esters is 1. The van der Waals surface area contributed by atoms with E-state index in [0.717, 1.165) is 4.90 Å². The summed E-state index contributed by atoms with van der Waals surface area (Å²) in [6.45, 7) is 2.11. The first kappa shape index (κ1) is 22.3. The summed E-state index contributed by atoms with van der Waals surface area (Å²) in [6, 6.07) is 0. The van der Waals surface area contributed by atoms with Gasteiger partial charge in [-0.25, -0.2) is 8.78 Å². The number of hydrogen-bond donors (Lipinski definition) is 0. The largest absolute Gasteiger partial charge is 0.460 e. The summed E-state index contributed by atoms with van der Waals surface area (Å²) in [5.74, 6) is -7.70. The van der Waals surface area contributed by atoms with Crippen LogP contribution < -0.4 is 4.90 Å². The predicted octanol–water partition coefficient (Wildman–Crippen LogP) is 4.57. The van der Waals surface area contributed by atoms with Gasteiger partial charge in [-0.2, -0.15) is 22.5 Å². The lowest BCUT2D eigenvalue weighted by atomic mass is 10.1. The number of ether oxygens (including phenoxy) is 1. The second-order valence-corrected chi connectivity index (χ2v) is 7.58. The van der Waals surface area contributed by atoms with Gasteiger partial charge in [0, 0.05) is 14.1 Å². The third-order valence-corrected chi connectivity index (χ3v) is 5.00. The summed E-state index contributed by atoms with van der Waals surface area (Å²) in [5, 5.41) is -1.37. The fraction of sp³-hybridized carbons (Fsp3) is 0.529. The van der Waals surface area contributed by atoms with Crippen LogP contribution in [0, 0.1) is 34.8 Å². The van der Waals surface area contributed by atoms with Gasteiger partial charge in [0.15, 0.2) is 17.5 Å². The van der Waals surface area contributed by atoms with Crippen molar-refractivity contribution in [3.8, 4) is 0 Å². The number of halogens is 7. The zero-order valence-corrected chi connectivity index (χ0v) is 16.1. The Morgan fingerprint density at radius 1 is 1.25 bits per heavy atom. The maximum Gasteiger partial charge on any atom is 0.426 e. The normalized spacial score (nSPS) is 21.5. The summed E-state index contributed by atoms with van der Waals surface area (Å²) in [4.78, 5) is 16.5. The number of hydrogen-bond acceptors (Lipinski definition) is 4. The Bertz CT molecular complexity index is 823. The fourth-order valence-corrected chi connectivity index (χ4v) is 3.03. The molecule has 0 aliphatic heterocycles. The van der Waals surface area contributed by atoms with E-state index in [4.69, 9.17) is 16.3 Å². The van der Waals surface area contributed by atoms with E-state index in [-0.39, 0.29) is 0 Å². The van der Waals surface area contributed by atoms with Gasteiger partial charge < -0.3 is 9.64 Å². The molecular weight excluding hydrogens is 414 g/mol. The molecule has 1 saturated carbocycles. The molecule has 2 unspecified atom stereocenters. The van der Waals surface area contributed by atoms with Crippen LogP contribution >= 0.6 is 11.6 Å². The van der Waals surface area contributed by atoms with Gasteiger partial charge in [0.1, 0.15) is 11.6 Å². The van der Waals surface area contributed by atoms with Crippen molar-refractivity contribution in [1.82, 2.24) is 4.98 Å². The lowest BCUT2D eigenvalue weighted by Crippen LogP contribution is -2.18. The highest BCUT2D eigenvalue weighted by Crippen LogP contribution is 2.60. The number of pyridine rings is 1. The SMILES string of the molecule is CN(C)c1nc(F)c(F)c(COC(=O)C2C(C=C(Cl)C(F)(F)F)C2(C)C)c1F. The first-order valence-electron chi connectivity index (χ1n) is 8.01. The molecule has 1 heterocycles. The van der Waals surface area contributed by atoms with Crippen LogP contribution in [0.25, 0.3) is 0 Å². The minimum atomic E-state index is -4.75. The van der Waals surface area contributed by atoms with Crippen molar-refractivity contribution in [2.45, 2.75) is 26.6 Å². The number of alkyl halides is 3. The summed E-state index contributed by atoms with van der Waals surface area (Å²) in [5.41, 5.74) is -1.74. The molecule has 0 aromatic carbocycles. The van der Waals surface area contributed by atoms with E-state index in [9.17, 15) is 31.1 Å². The minimum Gasteiger partial charge on any atom is -0.460 e. The predicted molar refractivity (Wildman–Crippen MR) is 89.0 cm³/mol. The number of carbonyl (C=O) groups excluding carboxylic acids is 1. The number of anilines is 1. The molecule has 0 bridgehead atoms. The molecular formula is C17H17ClF6N2O2. The summed E-state index contributed by atoms with van der Waals surface area (Å²) >= 11 is 5.20. The number of carbonyl (C=O) groups is 1. The van der Waals surface area contributed by atoms with E-state index in [1.807, 2.05) is 0 Å². The quantitative estimate of drug-likeness (QED) is 0.390. The maximum atomic E-state index is 14.3. The summed E-state index contributed by atoms with van der Waals surface area (Å²) in [7, 11) is 2.71. The molecule has 0 amide bonds. The molecule has 0 spiro atoms. The Morgan fingerprint density at radius 2 is 1.82 bits per heavy atom. The molecule has 1 aromatic rings. The lowest BCUT2D eigenvalue weighted by molar-refractivity contribution is -0.147. The fourth-order valence-electron chi connectivity index (χ4n) is 2.89. The Hall–Kier alpha value is -1.97. The van der Waals surface area contributed by atoms with Crippen LogP contribution in [0.15, 0.2) is 11.1 Å². The van der Waals surface area contributed by atoms with Crippen molar-refractivity contribution in [1.29, 1.82) is 0 Å². The van der Waals surface area contributed by atoms with Crippen LogP contribution in [-0.2, 0) is 16.1 Å². The van der Waals surface area contributed by atoms with Crippen LogP contribution in [0.5, 0.6) is 0 Å². The van der Waals surface area contributed by atoms with Gasteiger partial charge in [0.2, 0.25) is 0 Å². The molecule has 156 valence electrons. The van der Waals surface area contributed by atoms with E-state index in [1.54, 1.807) is 0 Å². The van der Waals surface area contributed by atoms with Gasteiger partial charge in [-0.05, 0) is 11.3 Å². The van der Waals surface area contributed by atoms with Gasteiger partial charge in [-0.3, -0.25) is 4.79 Å². The van der Waals surface area contributed by atoms with E-state index >= 15 is 0 Å². The smallest absolute Gasteiger partial charge is 0.426 e. The second-order valence-electron chi connectivity index (χ2n) is 7.17. The molecule has 0 N–H and O–H groups in total. The van der Waals surface area contributed by atoms with Crippen molar-refractivity contribution in [2.24, 2.45) is 17.3 Å². The van der Waals surface area contributed by atoms with Crippen LogP contribution in [-0.4, -0.2) is 31.2 Å². The minimum absolute atomic E-state index is 0.491. The second kappa shape index (κ2) is 7.46. The standard InChI is InChI=1S/C17H17ClF6N2O2/c1-16(2)8(5-9(18)17(22,23)24)10(16)15(27)28-6-7-11(19)13(21)25-14(12(7)20)26(3)4/h5,8,10H,6H2,1-4H3. The first-order chi connectivity index (χ1) is 12.7. The van der Waals surface area contributed by atoms with Gasteiger partial charge in [-0.15, -0.1) is 0 Å². The highest BCUT2D eigenvalue weighted by Gasteiger charge is 2.62. The van der Waals surface area contributed by atoms with Gasteiger partial charge in [0.05, 0.1) is 11.5 Å². The monoisotopic (exact) mass is 430 g/mol. The zero-order chi connectivity index (χ0) is 21.6. The van der Waals surface area contributed by atoms with Crippen molar-refractivity contribution >= 4 is 23.4 Å². The molecule has 28 heavy (non-hydrogen) atoms. The van der Waals surface area contributed by atoms with Crippen LogP contribution in [0.2, 0.25) is 0 Å². The molecule has 2 rings (SSSR count). The topological polar surface area (TPSA) is 42.4 Å². The lowest BCUT2D eigenvalue weighted by Gasteiger charge is -2.15. The number of aromatic nitrogens is 1. The highest BCUT2D eigenvalue weighted by molar-refractivity contribution is 6.30. The van der Waals surface area contributed by atoms with Gasteiger partial charge in [0.25, 0.3) is 5.95 Å². The third-order valence-electron chi connectivity index (χ3n) is 4.66. The number of nitrogens with zero attached hydrogens (tertiary/aromatic N) is 2. The van der Waals surface area contributed by atoms with E-state index in [1.165, 1.54) is 27.9 Å². The molecule has 4 nitrogen and oxygen atoms in total. The molecule has 2 atom stereocenters. The average Bonchev–Trinajstić information content (AvgIpc) is 3.09. The Labute approximate surface area is 162 Å². The molecule has 11 heteroatoms. The van der Waals surface area contributed by atoms with E-state index in [2.05, 4.69) is 4.98 Å². The highest BCUT2D eigenvalue weighted by atomic mass is 35.5. The molecule has 1 aromatic heterocycles. The summed E-state index contributed by atoms with van der Waals surface area (Å²) < 4.78 is 84.3. The van der Waals surface area contributed by atoms with Crippen LogP contribution in [0.3, 0.4) is 0 Å². The number of rotatable bonds is 5. The molecule has 0 saturated heterocycles. The Balaban J connectivity index is 2.18. The van der Waals surface area contributed by atoms with Crippen molar-refractivity contribution in [3.05, 3.63) is 34.3 Å². The molecule has 1 fully saturated rings. The van der Waals surface area contributed by atoms with Crippen molar-refractivity contribution in [2.75, 3.05) is 19.0 Å². The van der Waals surface area contributed by atoms with E-state index in [0.29, 0.717) is 6.08 Å². The van der Waals surface area contributed by atoms with Crippen molar-refractivity contribution < 1.29 is 35.9 Å². The Morgan fingerprint density at radius 3 is 2.32 bits per heavy atom. The van der Waals surface area contributed by atoms with Crippen LogP contribution in [0.1, 0.15) is 19.4 Å². The maximum absolute atomic E-state index is 14.3. The third kappa shape index (κ3) is 4.21. The van der Waals surface area contributed by atoms with E-state index < -0.39 is 70.0 Å². The average molecular weight is 431 g/mol. The Kier molecular flexibility index (Phi) is 5.94. The van der Waals surface area contributed by atoms with Crippen LogP contribution in [0.4, 0.5) is 32.2 Å². The molecule has 1 aliphatic carbocycles. The van der Waals surface area contributed by atoms with Gasteiger partial charge >= 0.3 is 12.1 Å². The van der Waals surface area contributed by atoms with Gasteiger partial charge in [-0.1, -0.05) is 31.5 Å². The number of allylic oxidation sites excluding steroid dienone is 2. The van der Waals surface area contributed by atoms with Crippen molar-refractivity contribution in [3.63, 3.8) is 0 Å². The zero-order valence-electron chi connectivity index (χ0n) is 15.3. The first-order valence-corrected chi connectivity index (χ1v) is 8.39.